The Morgan fingerprint density at radius 3 is 2.46 bits per heavy atom. The van der Waals surface area contributed by atoms with Gasteiger partial charge in [-0.1, -0.05) is 47.5 Å². The Kier molecular flexibility index (Phi) is 9.25. The van der Waals surface area contributed by atoms with Gasteiger partial charge in [0.1, 0.15) is 5.78 Å². The topological polar surface area (TPSA) is 55.8 Å². The molecule has 0 aromatic heterocycles. The van der Waals surface area contributed by atoms with Crippen LogP contribution in [0.2, 0.25) is 0 Å². The first-order chi connectivity index (χ1) is 12.1. The van der Waals surface area contributed by atoms with Crippen LogP contribution >= 0.6 is 0 Å². The van der Waals surface area contributed by atoms with Crippen LogP contribution in [0, 0.1) is 17.3 Å². The van der Waals surface area contributed by atoms with E-state index in [1.807, 2.05) is 27.7 Å². The summed E-state index contributed by atoms with van der Waals surface area (Å²) in [6.45, 7) is 14.9. The first kappa shape index (κ1) is 23.6. The molecule has 0 spiro atoms. The molecule has 1 saturated heterocycles. The smallest absolute Gasteiger partial charge is 0.165 e. The van der Waals surface area contributed by atoms with Crippen molar-refractivity contribution < 1.29 is 19.4 Å². The lowest BCUT2D eigenvalue weighted by atomic mass is 9.72. The maximum absolute atomic E-state index is 13.4. The summed E-state index contributed by atoms with van der Waals surface area (Å²) < 4.78 is 12.0. The van der Waals surface area contributed by atoms with Crippen molar-refractivity contribution in [1.82, 2.24) is 0 Å². The van der Waals surface area contributed by atoms with Crippen molar-refractivity contribution in [3.63, 3.8) is 0 Å². The minimum absolute atomic E-state index is 0.0749. The lowest BCUT2D eigenvalue weighted by Gasteiger charge is -2.45. The summed E-state index contributed by atoms with van der Waals surface area (Å²) in [6.07, 6.45) is 5.95. The zero-order valence-corrected chi connectivity index (χ0v) is 18.1. The van der Waals surface area contributed by atoms with Crippen LogP contribution < -0.4 is 0 Å². The molecule has 1 heterocycles. The summed E-state index contributed by atoms with van der Waals surface area (Å²) in [4.78, 5) is 13.4. The molecule has 5 unspecified atom stereocenters. The number of Topliss-reactive ketones (excluding diaryl/α,β-unsaturated/α-hetero) is 1. The van der Waals surface area contributed by atoms with Gasteiger partial charge in [0.25, 0.3) is 0 Å². The van der Waals surface area contributed by atoms with Crippen LogP contribution in [0.1, 0.15) is 93.4 Å². The van der Waals surface area contributed by atoms with Crippen LogP contribution in [0.3, 0.4) is 0 Å². The van der Waals surface area contributed by atoms with Gasteiger partial charge in [-0.2, -0.15) is 0 Å². The molecule has 0 amide bonds. The first-order valence-corrected chi connectivity index (χ1v) is 10.6. The van der Waals surface area contributed by atoms with Gasteiger partial charge in [0, 0.05) is 5.92 Å². The van der Waals surface area contributed by atoms with E-state index in [2.05, 4.69) is 20.8 Å². The maximum Gasteiger partial charge on any atom is 0.165 e. The second-order valence-corrected chi connectivity index (χ2v) is 9.04. The molecule has 0 aromatic rings. The summed E-state index contributed by atoms with van der Waals surface area (Å²) in [5.41, 5.74) is -0.500. The Hall–Kier alpha value is -0.450. The standard InChI is InChI=1S/C22H42O4/c1-8-18(15-16(3)11-10-12-17(4)23)20(24)21(5,6)19-13-14-25-22(7,9-2)26-19/h16-19,23H,8-15H2,1-7H3. The summed E-state index contributed by atoms with van der Waals surface area (Å²) >= 11 is 0. The van der Waals surface area contributed by atoms with Gasteiger partial charge in [0.2, 0.25) is 0 Å². The van der Waals surface area contributed by atoms with Crippen molar-refractivity contribution in [1.29, 1.82) is 0 Å². The molecule has 1 aliphatic rings. The predicted molar refractivity (Wildman–Crippen MR) is 106 cm³/mol. The highest BCUT2D eigenvalue weighted by Gasteiger charge is 2.45. The van der Waals surface area contributed by atoms with Crippen LogP contribution in [-0.4, -0.2) is 35.5 Å². The number of aliphatic hydroxyl groups is 1. The predicted octanol–water partition coefficient (Wildman–Crippen LogP) is 5.12. The molecule has 1 rings (SSSR count). The van der Waals surface area contributed by atoms with Crippen LogP contribution in [0.4, 0.5) is 0 Å². The fraction of sp³-hybridized carbons (Fsp3) is 0.955. The zero-order chi connectivity index (χ0) is 20.0. The fourth-order valence-corrected chi connectivity index (χ4v) is 3.98. The second kappa shape index (κ2) is 10.2. The van der Waals surface area contributed by atoms with Gasteiger partial charge in [-0.15, -0.1) is 0 Å². The first-order valence-electron chi connectivity index (χ1n) is 10.6. The third-order valence-corrected chi connectivity index (χ3v) is 6.13. The monoisotopic (exact) mass is 370 g/mol. The maximum atomic E-state index is 13.4. The van der Waals surface area contributed by atoms with Crippen molar-refractivity contribution in [3.05, 3.63) is 0 Å². The van der Waals surface area contributed by atoms with Gasteiger partial charge in [-0.05, 0) is 51.9 Å². The van der Waals surface area contributed by atoms with Crippen LogP contribution in [-0.2, 0) is 14.3 Å². The van der Waals surface area contributed by atoms with Gasteiger partial charge < -0.3 is 14.6 Å². The molecule has 0 bridgehead atoms. The van der Waals surface area contributed by atoms with E-state index in [-0.39, 0.29) is 18.1 Å². The van der Waals surface area contributed by atoms with Gasteiger partial charge >= 0.3 is 0 Å². The molecule has 0 saturated carbocycles. The summed E-state index contributed by atoms with van der Waals surface area (Å²) in [6, 6.07) is 0. The molecule has 0 radical (unpaired) electrons. The Morgan fingerprint density at radius 2 is 1.92 bits per heavy atom. The lowest BCUT2D eigenvalue weighted by molar-refractivity contribution is -0.299. The third kappa shape index (κ3) is 6.61. The van der Waals surface area contributed by atoms with E-state index in [0.29, 0.717) is 18.3 Å². The number of carbonyl (C=O) groups excluding carboxylic acids is 1. The van der Waals surface area contributed by atoms with E-state index >= 15 is 0 Å². The number of ketones is 1. The summed E-state index contributed by atoms with van der Waals surface area (Å²) in [5, 5.41) is 9.42. The summed E-state index contributed by atoms with van der Waals surface area (Å²) in [7, 11) is 0. The second-order valence-electron chi connectivity index (χ2n) is 9.04. The molecule has 4 heteroatoms. The van der Waals surface area contributed by atoms with Gasteiger partial charge in [-0.3, -0.25) is 4.79 Å². The normalized spacial score (nSPS) is 27.8. The van der Waals surface area contributed by atoms with Gasteiger partial charge in [-0.25, -0.2) is 0 Å². The molecule has 0 aromatic carbocycles. The van der Waals surface area contributed by atoms with Crippen molar-refractivity contribution in [3.8, 4) is 0 Å². The average Bonchev–Trinajstić information content (AvgIpc) is 2.58. The highest BCUT2D eigenvalue weighted by molar-refractivity contribution is 5.87. The highest BCUT2D eigenvalue weighted by Crippen LogP contribution is 2.39. The Morgan fingerprint density at radius 1 is 1.27 bits per heavy atom. The number of rotatable bonds is 11. The van der Waals surface area contributed by atoms with Crippen molar-refractivity contribution in [2.24, 2.45) is 17.3 Å². The number of hydrogen-bond donors (Lipinski definition) is 1. The molecule has 154 valence electrons. The van der Waals surface area contributed by atoms with E-state index in [0.717, 1.165) is 44.9 Å². The molecule has 1 fully saturated rings. The molecule has 5 atom stereocenters. The molecular weight excluding hydrogens is 328 g/mol. The third-order valence-electron chi connectivity index (χ3n) is 6.13. The number of ether oxygens (including phenoxy) is 2. The van der Waals surface area contributed by atoms with E-state index < -0.39 is 11.2 Å². The number of carbonyl (C=O) groups is 1. The molecule has 1 aliphatic heterocycles. The largest absolute Gasteiger partial charge is 0.393 e. The van der Waals surface area contributed by atoms with Crippen molar-refractivity contribution in [2.75, 3.05) is 6.61 Å². The van der Waals surface area contributed by atoms with Crippen LogP contribution in [0.15, 0.2) is 0 Å². The summed E-state index contributed by atoms with van der Waals surface area (Å²) in [5.74, 6) is 0.324. The fourth-order valence-electron chi connectivity index (χ4n) is 3.98. The minimum atomic E-state index is -0.573. The van der Waals surface area contributed by atoms with Crippen molar-refractivity contribution >= 4 is 5.78 Å². The zero-order valence-electron chi connectivity index (χ0n) is 18.1. The molecule has 1 N–H and O–H groups in total. The van der Waals surface area contributed by atoms with E-state index in [4.69, 9.17) is 9.47 Å². The molecule has 0 aliphatic carbocycles. The Balaban J connectivity index is 2.69. The van der Waals surface area contributed by atoms with Gasteiger partial charge in [0.05, 0.1) is 24.2 Å². The van der Waals surface area contributed by atoms with Crippen molar-refractivity contribution in [2.45, 2.75) is 111 Å². The van der Waals surface area contributed by atoms with Crippen LogP contribution in [0.25, 0.3) is 0 Å². The molecular formula is C22H42O4. The number of aliphatic hydroxyl groups excluding tert-OH is 1. The molecule has 4 nitrogen and oxygen atoms in total. The lowest BCUT2D eigenvalue weighted by Crippen LogP contribution is -2.51. The minimum Gasteiger partial charge on any atom is -0.393 e. The van der Waals surface area contributed by atoms with Crippen LogP contribution in [0.5, 0.6) is 0 Å². The Bertz CT molecular complexity index is 432. The average molecular weight is 371 g/mol. The highest BCUT2D eigenvalue weighted by atomic mass is 16.7. The molecule has 26 heavy (non-hydrogen) atoms. The SMILES string of the molecule is CCC(CC(C)CCCC(C)O)C(=O)C(C)(C)C1CCOC(C)(CC)O1. The van der Waals surface area contributed by atoms with E-state index in [1.54, 1.807) is 0 Å². The van der Waals surface area contributed by atoms with E-state index in [9.17, 15) is 9.90 Å². The Labute approximate surface area is 161 Å². The quantitative estimate of drug-likeness (QED) is 0.548. The van der Waals surface area contributed by atoms with E-state index in [1.165, 1.54) is 0 Å². The number of hydrogen-bond acceptors (Lipinski definition) is 4. The van der Waals surface area contributed by atoms with Gasteiger partial charge in [0.15, 0.2) is 5.79 Å².